The van der Waals surface area contributed by atoms with E-state index in [2.05, 4.69) is 10.3 Å². The zero-order valence-electron chi connectivity index (χ0n) is 24.6. The van der Waals surface area contributed by atoms with E-state index < -0.39 is 30.7 Å². The van der Waals surface area contributed by atoms with Gasteiger partial charge in [-0.2, -0.15) is 0 Å². The van der Waals surface area contributed by atoms with Crippen LogP contribution in [0.1, 0.15) is 42.0 Å². The predicted molar refractivity (Wildman–Crippen MR) is 166 cm³/mol. The molecule has 1 saturated heterocycles. The van der Waals surface area contributed by atoms with Gasteiger partial charge in [-0.1, -0.05) is 36.4 Å². The van der Waals surface area contributed by atoms with Crippen molar-refractivity contribution < 1.29 is 29.3 Å². The van der Waals surface area contributed by atoms with Crippen LogP contribution in [-0.2, 0) is 17.8 Å². The summed E-state index contributed by atoms with van der Waals surface area (Å²) in [7, 11) is 0. The average Bonchev–Trinajstić information content (AvgIpc) is 3.29. The van der Waals surface area contributed by atoms with E-state index >= 15 is 4.39 Å². The number of amides is 2. The zero-order valence-corrected chi connectivity index (χ0v) is 24.6. The Morgan fingerprint density at radius 1 is 1.14 bits per heavy atom. The lowest BCUT2D eigenvalue weighted by Crippen LogP contribution is -2.44. The lowest BCUT2D eigenvalue weighted by molar-refractivity contribution is -0.132. The minimum Gasteiger partial charge on any atom is -0.465 e. The molecule has 44 heavy (non-hydrogen) atoms. The highest BCUT2D eigenvalue weighted by Crippen LogP contribution is 2.37. The number of hydrogen-bond donors (Lipinski definition) is 5. The zero-order chi connectivity index (χ0) is 31.4. The van der Waals surface area contributed by atoms with E-state index in [1.165, 1.54) is 6.07 Å². The van der Waals surface area contributed by atoms with Crippen LogP contribution in [0, 0.1) is 12.7 Å². The number of carbonyl (C=O) groups excluding carboxylic acids is 1. The maximum Gasteiger partial charge on any atom is 0.404 e. The van der Waals surface area contributed by atoms with Crippen molar-refractivity contribution >= 4 is 28.7 Å². The number of hydrogen-bond acceptors (Lipinski definition) is 6. The highest BCUT2D eigenvalue weighted by molar-refractivity contribution is 5.86. The van der Waals surface area contributed by atoms with Gasteiger partial charge in [-0.25, -0.2) is 14.2 Å². The van der Waals surface area contributed by atoms with Crippen LogP contribution in [0.4, 0.5) is 15.0 Å². The molecule has 0 spiro atoms. The number of rotatable bonds is 10. The molecule has 2 aromatic heterocycles. The summed E-state index contributed by atoms with van der Waals surface area (Å²) in [6, 6.07) is 15.5. The number of fused-ring (bicyclic) bond motifs is 1. The first-order valence-electron chi connectivity index (χ1n) is 14.8. The molecule has 1 aliphatic heterocycles. The van der Waals surface area contributed by atoms with E-state index in [1.807, 2.05) is 43.3 Å². The van der Waals surface area contributed by atoms with Crippen molar-refractivity contribution in [3.63, 3.8) is 0 Å². The van der Waals surface area contributed by atoms with Crippen molar-refractivity contribution in [2.75, 3.05) is 25.4 Å². The molecule has 232 valence electrons. The van der Waals surface area contributed by atoms with Gasteiger partial charge in [0.15, 0.2) is 0 Å². The van der Waals surface area contributed by atoms with Crippen LogP contribution in [-0.4, -0.2) is 73.6 Å². The Morgan fingerprint density at radius 3 is 2.57 bits per heavy atom. The molecule has 3 atom stereocenters. The minimum atomic E-state index is -1.20. The van der Waals surface area contributed by atoms with Gasteiger partial charge in [-0.05, 0) is 61.1 Å². The van der Waals surface area contributed by atoms with Gasteiger partial charge in [0.1, 0.15) is 11.6 Å². The Morgan fingerprint density at radius 2 is 1.89 bits per heavy atom. The summed E-state index contributed by atoms with van der Waals surface area (Å²) in [5, 5.41) is 32.6. The van der Waals surface area contributed by atoms with Gasteiger partial charge < -0.3 is 35.8 Å². The number of piperidine rings is 1. The lowest BCUT2D eigenvalue weighted by atomic mass is 9.91. The molecule has 0 aliphatic carbocycles. The smallest absolute Gasteiger partial charge is 0.404 e. The molecule has 1 unspecified atom stereocenters. The minimum absolute atomic E-state index is 0.0114. The summed E-state index contributed by atoms with van der Waals surface area (Å²) in [6.07, 6.45) is 1.24. The van der Waals surface area contributed by atoms with Gasteiger partial charge in [-0.15, -0.1) is 0 Å². The van der Waals surface area contributed by atoms with Crippen LogP contribution in [0.2, 0.25) is 0 Å². The number of likely N-dealkylation sites (tertiary alicyclic amines) is 1. The van der Waals surface area contributed by atoms with Crippen LogP contribution in [0.25, 0.3) is 22.0 Å². The second-order valence-electron chi connectivity index (χ2n) is 11.5. The van der Waals surface area contributed by atoms with Crippen molar-refractivity contribution in [2.45, 2.75) is 57.2 Å². The summed E-state index contributed by atoms with van der Waals surface area (Å²) in [5.41, 5.74) is 10.5. The number of nitrogens with zero attached hydrogens (tertiary/aromatic N) is 3. The fourth-order valence-electron chi connectivity index (χ4n) is 6.35. The van der Waals surface area contributed by atoms with Gasteiger partial charge >= 0.3 is 6.09 Å². The molecular weight excluding hydrogens is 565 g/mol. The molecule has 2 amide bonds. The van der Waals surface area contributed by atoms with Gasteiger partial charge in [-0.3, -0.25) is 4.79 Å². The molecule has 3 heterocycles. The Balaban J connectivity index is 1.32. The van der Waals surface area contributed by atoms with E-state index in [0.717, 1.165) is 46.2 Å². The number of aromatic nitrogens is 2. The highest BCUT2D eigenvalue weighted by Gasteiger charge is 2.31. The SMILES string of the molecule is Cc1c(C2CCCN(C(=O)C[C@@H](Cc3ccc(-c4ccc(N)nc4)cc3)NC(=O)O)C2)n(C[C@@H](O)CO)c2c(F)cccc12. The molecule has 5 rings (SSSR count). The van der Waals surface area contributed by atoms with Crippen molar-refractivity contribution in [3.05, 3.63) is 83.4 Å². The van der Waals surface area contributed by atoms with E-state index in [-0.39, 0.29) is 24.8 Å². The van der Waals surface area contributed by atoms with E-state index in [4.69, 9.17) is 5.73 Å². The van der Waals surface area contributed by atoms with E-state index in [9.17, 15) is 24.9 Å². The monoisotopic (exact) mass is 603 g/mol. The fraction of sp³-hybridized carbons (Fsp3) is 0.364. The van der Waals surface area contributed by atoms with Crippen LogP contribution in [0.3, 0.4) is 0 Å². The first kappa shape index (κ1) is 31.0. The first-order valence-corrected chi connectivity index (χ1v) is 14.8. The van der Waals surface area contributed by atoms with Crippen LogP contribution >= 0.6 is 0 Å². The molecule has 0 bridgehead atoms. The maximum absolute atomic E-state index is 15.0. The fourth-order valence-corrected chi connectivity index (χ4v) is 6.35. The summed E-state index contributed by atoms with van der Waals surface area (Å²) in [5.74, 6) is -0.261. The maximum atomic E-state index is 15.0. The first-order chi connectivity index (χ1) is 21.1. The molecule has 1 aliphatic rings. The molecule has 1 fully saturated rings. The third-order valence-electron chi connectivity index (χ3n) is 8.40. The molecule has 4 aromatic rings. The van der Waals surface area contributed by atoms with Gasteiger partial charge in [0.05, 0.1) is 24.8 Å². The molecule has 0 radical (unpaired) electrons. The lowest BCUT2D eigenvalue weighted by Gasteiger charge is -2.35. The normalized spacial score (nSPS) is 16.5. The van der Waals surface area contributed by atoms with Gasteiger partial charge in [0, 0.05) is 54.3 Å². The topological polar surface area (TPSA) is 154 Å². The van der Waals surface area contributed by atoms with Gasteiger partial charge in [0.25, 0.3) is 0 Å². The van der Waals surface area contributed by atoms with Crippen molar-refractivity contribution in [1.82, 2.24) is 19.8 Å². The number of nitrogen functional groups attached to an aromatic ring is 1. The number of aliphatic hydroxyl groups is 2. The van der Waals surface area contributed by atoms with Crippen molar-refractivity contribution in [2.24, 2.45) is 0 Å². The Bertz CT molecular complexity index is 1620. The molecule has 11 heteroatoms. The largest absolute Gasteiger partial charge is 0.465 e. The molecule has 2 aromatic carbocycles. The van der Waals surface area contributed by atoms with E-state index in [0.29, 0.717) is 30.8 Å². The summed E-state index contributed by atoms with van der Waals surface area (Å²) in [4.78, 5) is 31.1. The number of para-hydroxylation sites is 1. The van der Waals surface area contributed by atoms with Crippen LogP contribution in [0.15, 0.2) is 60.8 Å². The highest BCUT2D eigenvalue weighted by atomic mass is 19.1. The molecule has 0 saturated carbocycles. The van der Waals surface area contributed by atoms with Crippen molar-refractivity contribution in [3.8, 4) is 11.1 Å². The summed E-state index contributed by atoms with van der Waals surface area (Å²) >= 11 is 0. The number of aryl methyl sites for hydroxylation is 1. The standard InChI is InChI=1S/C33H38FN5O5/c1-20-27-5-2-6-28(34)32(27)39(18-26(41)19-40)31(20)24-4-3-13-38(17-24)30(42)15-25(37-33(43)44)14-21-7-9-22(10-8-21)23-11-12-29(35)36-16-23/h2,5-12,16,24-26,37,40-41H,3-4,13-15,17-19H2,1H3,(H2,35,36)(H,43,44)/t24?,25-,26-/m1/s1. The summed E-state index contributed by atoms with van der Waals surface area (Å²) in [6.45, 7) is 2.41. The molecule has 10 nitrogen and oxygen atoms in total. The number of halogens is 1. The molecular formula is C33H38FN5O5. The number of carboxylic acid groups (broad SMARTS) is 1. The Labute approximate surface area is 254 Å². The number of benzene rings is 2. The number of anilines is 1. The second-order valence-corrected chi connectivity index (χ2v) is 11.5. The van der Waals surface area contributed by atoms with Gasteiger partial charge in [0.2, 0.25) is 5.91 Å². The average molecular weight is 604 g/mol. The van der Waals surface area contributed by atoms with Crippen LogP contribution < -0.4 is 11.1 Å². The van der Waals surface area contributed by atoms with Crippen LogP contribution in [0.5, 0.6) is 0 Å². The summed E-state index contributed by atoms with van der Waals surface area (Å²) < 4.78 is 16.8. The quantitative estimate of drug-likeness (QED) is 0.183. The second kappa shape index (κ2) is 13.4. The number of pyridine rings is 1. The van der Waals surface area contributed by atoms with Crippen molar-refractivity contribution in [1.29, 1.82) is 0 Å². The number of nitrogens with two attached hydrogens (primary N) is 1. The number of carbonyl (C=O) groups is 2. The third kappa shape index (κ3) is 6.84. The Hall–Kier alpha value is -4.48. The van der Waals surface area contributed by atoms with E-state index in [1.54, 1.807) is 27.8 Å². The Kier molecular flexibility index (Phi) is 9.46. The third-order valence-corrected chi connectivity index (χ3v) is 8.40. The molecule has 6 N–H and O–H groups in total. The predicted octanol–water partition coefficient (Wildman–Crippen LogP) is 4.06. The number of aliphatic hydroxyl groups excluding tert-OH is 2. The number of nitrogens with one attached hydrogen (secondary N) is 1.